The van der Waals surface area contributed by atoms with Gasteiger partial charge in [-0.15, -0.1) is 0 Å². The first kappa shape index (κ1) is 6.85. The summed E-state index contributed by atoms with van der Waals surface area (Å²) in [4.78, 5) is 0. The molecule has 0 N–H and O–H groups in total. The first-order valence-corrected chi connectivity index (χ1v) is 2.10. The number of hydrogen-bond acceptors (Lipinski definition) is 1. The molecule has 7 heavy (non-hydrogen) atoms. The van der Waals surface area contributed by atoms with Crippen LogP contribution in [0.1, 0.15) is 6.92 Å². The highest BCUT2D eigenvalue weighted by Gasteiger charge is 1.92. The molecule has 0 rings (SSSR count). The molecule has 0 aromatic heterocycles. The average Bonchev–Trinajstić information content (AvgIpc) is 1.61. The predicted molar refractivity (Wildman–Crippen MR) is 22.1 cm³/mol. The molecule has 0 spiro atoms. The maximum absolute atomic E-state index is 11.1. The topological polar surface area (TPSA) is 29.1 Å². The van der Waals surface area contributed by atoms with E-state index in [1.807, 2.05) is 0 Å². The Labute approximate surface area is 41.9 Å². The summed E-state index contributed by atoms with van der Waals surface area (Å²) in [5, 5.41) is 9.90. The van der Waals surface area contributed by atoms with E-state index in [9.17, 15) is 9.50 Å². The van der Waals surface area contributed by atoms with E-state index in [1.165, 1.54) is 6.92 Å². The minimum Gasteiger partial charge on any atom is -0.347 e. The van der Waals surface area contributed by atoms with E-state index in [4.69, 9.17) is 0 Å². The van der Waals surface area contributed by atoms with Crippen LogP contribution in [0.15, 0.2) is 0 Å². The van der Waals surface area contributed by atoms with Crippen molar-refractivity contribution in [2.75, 3.05) is 13.3 Å². The van der Waals surface area contributed by atoms with E-state index in [-0.39, 0.29) is 6.61 Å². The molecule has 0 bridgehead atoms. The van der Waals surface area contributed by atoms with Crippen LogP contribution in [0.4, 0.5) is 4.39 Å². The van der Waals surface area contributed by atoms with Crippen molar-refractivity contribution < 1.29 is 14.2 Å². The molecule has 0 aromatic carbocycles. The van der Waals surface area contributed by atoms with E-state index in [1.54, 1.807) is 0 Å². The molecule has 1 radical (unpaired) electrons. The summed E-state index contributed by atoms with van der Waals surface area (Å²) in [6.45, 7) is 0.674. The fraction of sp³-hybridized carbons (Fsp3) is 1.00. The van der Waals surface area contributed by atoms with Gasteiger partial charge in [0.05, 0.1) is 6.61 Å². The highest BCUT2D eigenvalue weighted by atomic mass is 19.1. The summed E-state index contributed by atoms with van der Waals surface area (Å²) in [6, 6.07) is 0. The van der Waals surface area contributed by atoms with Gasteiger partial charge in [-0.2, -0.15) is 0 Å². The number of rotatable bonds is 3. The molecule has 0 saturated heterocycles. The van der Waals surface area contributed by atoms with E-state index in [0.717, 1.165) is 0 Å². The second kappa shape index (κ2) is 4.02. The fourth-order valence-corrected chi connectivity index (χ4v) is 0.211. The molecule has 2 nitrogen and oxygen atoms in total. The maximum Gasteiger partial charge on any atom is 0.188 e. The minimum atomic E-state index is -1.09. The van der Waals surface area contributed by atoms with Crippen molar-refractivity contribution in [2.45, 2.75) is 13.2 Å². The second-order valence-corrected chi connectivity index (χ2v) is 1.13. The number of halogens is 1. The van der Waals surface area contributed by atoms with Crippen LogP contribution in [0.5, 0.6) is 0 Å². The quantitative estimate of drug-likeness (QED) is 0.489. The Balaban J connectivity index is 2.68. The normalized spacial score (nSPS) is 14.1. The zero-order valence-electron chi connectivity index (χ0n) is 4.19. The summed E-state index contributed by atoms with van der Waals surface area (Å²) < 4.78 is 15.4. The SMILES string of the molecule is CC([O])OCCF. The van der Waals surface area contributed by atoms with Crippen molar-refractivity contribution in [1.29, 1.82) is 0 Å². The molecular weight excluding hydrogens is 99.0 g/mol. The molecule has 0 aliphatic heterocycles. The predicted octanol–water partition coefficient (Wildman–Crippen LogP) is 0.749. The largest absolute Gasteiger partial charge is 0.347 e. The smallest absolute Gasteiger partial charge is 0.188 e. The molecule has 0 saturated carbocycles. The summed E-state index contributed by atoms with van der Waals surface area (Å²) >= 11 is 0. The van der Waals surface area contributed by atoms with Crippen molar-refractivity contribution >= 4 is 0 Å². The van der Waals surface area contributed by atoms with E-state index < -0.39 is 13.0 Å². The third kappa shape index (κ3) is 5.85. The Kier molecular flexibility index (Phi) is 3.93. The molecule has 1 unspecified atom stereocenters. The van der Waals surface area contributed by atoms with Gasteiger partial charge in [0.2, 0.25) is 0 Å². The van der Waals surface area contributed by atoms with Gasteiger partial charge in [-0.1, -0.05) is 0 Å². The van der Waals surface area contributed by atoms with Crippen LogP contribution in [-0.2, 0) is 9.84 Å². The van der Waals surface area contributed by atoms with Gasteiger partial charge in [-0.3, -0.25) is 0 Å². The molecule has 0 aliphatic carbocycles. The zero-order chi connectivity index (χ0) is 5.70. The summed E-state index contributed by atoms with van der Waals surface area (Å²) in [7, 11) is 0. The lowest BCUT2D eigenvalue weighted by atomic mass is 10.7. The molecule has 0 fully saturated rings. The third-order valence-electron chi connectivity index (χ3n) is 0.430. The highest BCUT2D eigenvalue weighted by Crippen LogP contribution is 1.82. The van der Waals surface area contributed by atoms with Crippen LogP contribution >= 0.6 is 0 Å². The Morgan fingerprint density at radius 2 is 2.43 bits per heavy atom. The monoisotopic (exact) mass is 107 g/mol. The zero-order valence-corrected chi connectivity index (χ0v) is 4.19. The van der Waals surface area contributed by atoms with Crippen molar-refractivity contribution in [3.8, 4) is 0 Å². The van der Waals surface area contributed by atoms with Gasteiger partial charge in [-0.25, -0.2) is 9.50 Å². The first-order chi connectivity index (χ1) is 3.27. The van der Waals surface area contributed by atoms with Crippen LogP contribution in [0.3, 0.4) is 0 Å². The molecule has 0 aliphatic rings. The Morgan fingerprint density at radius 3 is 2.57 bits per heavy atom. The molecular formula is C4H8FO2. The van der Waals surface area contributed by atoms with Gasteiger partial charge >= 0.3 is 0 Å². The van der Waals surface area contributed by atoms with E-state index >= 15 is 0 Å². The van der Waals surface area contributed by atoms with Crippen molar-refractivity contribution in [1.82, 2.24) is 0 Å². The standard InChI is InChI=1S/C4H8FO2/c1-4(6)7-3-2-5/h4H,2-3H2,1H3. The lowest BCUT2D eigenvalue weighted by Gasteiger charge is -1.98. The maximum atomic E-state index is 11.1. The van der Waals surface area contributed by atoms with Crippen LogP contribution in [0.25, 0.3) is 0 Å². The Bertz CT molecular complexity index is 38.7. The van der Waals surface area contributed by atoms with E-state index in [0.29, 0.717) is 0 Å². The van der Waals surface area contributed by atoms with Crippen LogP contribution in [0, 0.1) is 0 Å². The molecule has 1 atom stereocenters. The van der Waals surface area contributed by atoms with Gasteiger partial charge < -0.3 is 4.74 Å². The fourth-order valence-electron chi connectivity index (χ4n) is 0.211. The summed E-state index contributed by atoms with van der Waals surface area (Å²) in [5.41, 5.74) is 0. The molecule has 3 heteroatoms. The molecule has 0 heterocycles. The number of alkyl halides is 1. The lowest BCUT2D eigenvalue weighted by Crippen LogP contribution is -2.06. The Hall–Kier alpha value is -0.150. The van der Waals surface area contributed by atoms with E-state index in [2.05, 4.69) is 4.74 Å². The second-order valence-electron chi connectivity index (χ2n) is 1.13. The first-order valence-electron chi connectivity index (χ1n) is 2.10. The average molecular weight is 107 g/mol. The minimum absolute atomic E-state index is 0.0787. The summed E-state index contributed by atoms with van der Waals surface area (Å²) in [6.07, 6.45) is -1.09. The van der Waals surface area contributed by atoms with Gasteiger partial charge in [-0.05, 0) is 6.92 Å². The van der Waals surface area contributed by atoms with Crippen molar-refractivity contribution in [3.05, 3.63) is 0 Å². The van der Waals surface area contributed by atoms with Crippen molar-refractivity contribution in [2.24, 2.45) is 0 Å². The van der Waals surface area contributed by atoms with Gasteiger partial charge in [0.25, 0.3) is 0 Å². The number of hydrogen-bond donors (Lipinski definition) is 0. The third-order valence-corrected chi connectivity index (χ3v) is 0.430. The van der Waals surface area contributed by atoms with Gasteiger partial charge in [0.15, 0.2) is 6.29 Å². The van der Waals surface area contributed by atoms with Crippen LogP contribution < -0.4 is 0 Å². The number of ether oxygens (including phenoxy) is 1. The lowest BCUT2D eigenvalue weighted by molar-refractivity contribution is -0.128. The molecule has 43 valence electrons. The molecule has 0 aromatic rings. The van der Waals surface area contributed by atoms with Gasteiger partial charge in [0.1, 0.15) is 6.67 Å². The van der Waals surface area contributed by atoms with Crippen molar-refractivity contribution in [3.63, 3.8) is 0 Å². The van der Waals surface area contributed by atoms with Gasteiger partial charge in [0, 0.05) is 0 Å². The summed E-state index contributed by atoms with van der Waals surface area (Å²) in [5.74, 6) is 0. The van der Waals surface area contributed by atoms with Crippen LogP contribution in [-0.4, -0.2) is 19.6 Å². The van der Waals surface area contributed by atoms with Crippen LogP contribution in [0.2, 0.25) is 0 Å². The molecule has 0 amide bonds. The Morgan fingerprint density at radius 1 is 1.86 bits per heavy atom. The highest BCUT2D eigenvalue weighted by molar-refractivity contribution is 4.24.